The Bertz CT molecular complexity index is 1170. The summed E-state index contributed by atoms with van der Waals surface area (Å²) in [6, 6.07) is 12.0. The van der Waals surface area contributed by atoms with E-state index in [1.54, 1.807) is 28.8 Å². The normalized spacial score (nSPS) is 12.0. The number of amides is 2. The molecule has 0 unspecified atom stereocenters. The Balaban J connectivity index is 1.66. The Kier molecular flexibility index (Phi) is 8.40. The van der Waals surface area contributed by atoms with Gasteiger partial charge >= 0.3 is 0 Å². The van der Waals surface area contributed by atoms with Gasteiger partial charge < -0.3 is 15.2 Å². The van der Waals surface area contributed by atoms with E-state index in [0.717, 1.165) is 5.56 Å². The van der Waals surface area contributed by atoms with Crippen LogP contribution in [0.2, 0.25) is 10.0 Å². The van der Waals surface area contributed by atoms with Gasteiger partial charge in [-0.1, -0.05) is 66.5 Å². The summed E-state index contributed by atoms with van der Waals surface area (Å²) in [5.74, 6) is 0.455. The molecule has 174 valence electrons. The first-order chi connectivity index (χ1) is 15.7. The summed E-state index contributed by atoms with van der Waals surface area (Å²) >= 11 is 13.2. The van der Waals surface area contributed by atoms with Gasteiger partial charge in [0.15, 0.2) is 11.0 Å². The number of benzene rings is 2. The third-order valence-corrected chi connectivity index (χ3v) is 6.68. The van der Waals surface area contributed by atoms with Gasteiger partial charge in [0.25, 0.3) is 5.91 Å². The van der Waals surface area contributed by atoms with Crippen molar-refractivity contribution in [3.05, 3.63) is 69.5 Å². The number of aromatic nitrogens is 3. The van der Waals surface area contributed by atoms with Crippen LogP contribution in [-0.4, -0.2) is 32.3 Å². The van der Waals surface area contributed by atoms with Crippen molar-refractivity contribution in [3.63, 3.8) is 0 Å². The van der Waals surface area contributed by atoms with E-state index in [-0.39, 0.29) is 29.5 Å². The average Bonchev–Trinajstić information content (AvgIpc) is 3.12. The Labute approximate surface area is 207 Å². The predicted octanol–water partition coefficient (Wildman–Crippen LogP) is 5.29. The molecule has 3 rings (SSSR count). The monoisotopic (exact) mass is 505 g/mol. The minimum absolute atomic E-state index is 0.0810. The number of carbonyl (C=O) groups is 2. The van der Waals surface area contributed by atoms with Crippen molar-refractivity contribution in [2.45, 2.75) is 32.0 Å². The lowest BCUT2D eigenvalue weighted by Crippen LogP contribution is -2.33. The van der Waals surface area contributed by atoms with Gasteiger partial charge in [-0.3, -0.25) is 9.59 Å². The molecule has 7 nitrogen and oxygen atoms in total. The summed E-state index contributed by atoms with van der Waals surface area (Å²) in [7, 11) is 1.82. The van der Waals surface area contributed by atoms with E-state index < -0.39 is 0 Å². The molecule has 2 N–H and O–H groups in total. The molecule has 0 aliphatic carbocycles. The van der Waals surface area contributed by atoms with Crippen molar-refractivity contribution in [2.75, 3.05) is 11.1 Å². The number of hydrogen-bond donors (Lipinski definition) is 2. The zero-order chi connectivity index (χ0) is 24.1. The number of nitrogens with zero attached hydrogens (tertiary/aromatic N) is 3. The van der Waals surface area contributed by atoms with Crippen LogP contribution in [0.4, 0.5) is 5.69 Å². The third kappa shape index (κ3) is 6.50. The van der Waals surface area contributed by atoms with Crippen LogP contribution in [0, 0.1) is 12.8 Å². The largest absolute Gasteiger partial charge is 0.342 e. The zero-order valence-corrected chi connectivity index (χ0v) is 21.1. The fraction of sp³-hybridized carbons (Fsp3) is 0.304. The first kappa shape index (κ1) is 25.1. The second kappa shape index (κ2) is 11.0. The number of rotatable bonds is 8. The lowest BCUT2D eigenvalue weighted by molar-refractivity contribution is -0.113. The molecule has 0 aliphatic rings. The summed E-state index contributed by atoms with van der Waals surface area (Å²) in [4.78, 5) is 25.1. The summed E-state index contributed by atoms with van der Waals surface area (Å²) in [6.45, 7) is 5.96. The molecule has 3 aromatic rings. The van der Waals surface area contributed by atoms with Crippen LogP contribution < -0.4 is 10.6 Å². The molecule has 0 bridgehead atoms. The molecule has 0 spiro atoms. The maximum Gasteiger partial charge on any atom is 0.251 e. The molecular formula is C23H25Cl2N5O2S. The molecule has 0 radical (unpaired) electrons. The molecule has 1 aromatic heterocycles. The number of thioether (sulfide) groups is 1. The molecule has 2 amide bonds. The Hall–Kier alpha value is -2.55. The van der Waals surface area contributed by atoms with E-state index in [1.165, 1.54) is 11.8 Å². The molecule has 33 heavy (non-hydrogen) atoms. The minimum atomic E-state index is -0.338. The van der Waals surface area contributed by atoms with E-state index in [2.05, 4.69) is 20.8 Å². The highest BCUT2D eigenvalue weighted by atomic mass is 35.5. The fourth-order valence-corrected chi connectivity index (χ4v) is 4.18. The molecule has 2 aromatic carbocycles. The lowest BCUT2D eigenvalue weighted by Gasteiger charge is -2.21. The summed E-state index contributed by atoms with van der Waals surface area (Å²) in [5.41, 5.74) is 2.17. The summed E-state index contributed by atoms with van der Waals surface area (Å²) < 4.78 is 1.80. The molecule has 10 heteroatoms. The standard InChI is InChI=1S/C23H25Cl2N5O2S/c1-13(2)20(27-22(32)15-7-5-6-14(3)10-15)21-28-29-23(30(21)4)33-12-19(31)26-16-8-9-17(24)18(25)11-16/h5-11,13,20H,12H2,1-4H3,(H,26,31)(H,27,32)/t20-/m1/s1. The fourth-order valence-electron chi connectivity index (χ4n) is 3.16. The summed E-state index contributed by atoms with van der Waals surface area (Å²) in [6.07, 6.45) is 0. The van der Waals surface area contributed by atoms with Gasteiger partial charge in [-0.2, -0.15) is 0 Å². The van der Waals surface area contributed by atoms with Crippen LogP contribution in [0.5, 0.6) is 0 Å². The molecular weight excluding hydrogens is 481 g/mol. The second-order valence-corrected chi connectivity index (χ2v) is 9.69. The highest BCUT2D eigenvalue weighted by Gasteiger charge is 2.25. The SMILES string of the molecule is Cc1cccc(C(=O)N[C@@H](c2nnc(SCC(=O)Nc3ccc(Cl)c(Cl)c3)n2C)C(C)C)c1. The van der Waals surface area contributed by atoms with Crippen molar-refractivity contribution < 1.29 is 9.59 Å². The van der Waals surface area contributed by atoms with Crippen LogP contribution in [0.1, 0.15) is 41.6 Å². The number of halogens is 2. The van der Waals surface area contributed by atoms with Gasteiger partial charge in [-0.05, 0) is 43.2 Å². The van der Waals surface area contributed by atoms with E-state index in [4.69, 9.17) is 23.2 Å². The van der Waals surface area contributed by atoms with Crippen molar-refractivity contribution in [1.29, 1.82) is 0 Å². The second-order valence-electron chi connectivity index (χ2n) is 7.93. The minimum Gasteiger partial charge on any atom is -0.342 e. The van der Waals surface area contributed by atoms with Crippen molar-refractivity contribution in [1.82, 2.24) is 20.1 Å². The lowest BCUT2D eigenvalue weighted by atomic mass is 10.0. The van der Waals surface area contributed by atoms with Gasteiger partial charge in [0.05, 0.1) is 21.8 Å². The molecule has 1 atom stereocenters. The number of carbonyl (C=O) groups excluding carboxylic acids is 2. The average molecular weight is 506 g/mol. The zero-order valence-electron chi connectivity index (χ0n) is 18.7. The van der Waals surface area contributed by atoms with E-state index in [9.17, 15) is 9.59 Å². The van der Waals surface area contributed by atoms with E-state index >= 15 is 0 Å². The van der Waals surface area contributed by atoms with Crippen LogP contribution in [-0.2, 0) is 11.8 Å². The Morgan fingerprint density at radius 2 is 1.85 bits per heavy atom. The topological polar surface area (TPSA) is 88.9 Å². The molecule has 0 fully saturated rings. The van der Waals surface area contributed by atoms with Crippen molar-refractivity contribution >= 4 is 52.5 Å². The van der Waals surface area contributed by atoms with Crippen LogP contribution in [0.25, 0.3) is 0 Å². The smallest absolute Gasteiger partial charge is 0.251 e. The quantitative estimate of drug-likeness (QED) is 0.406. The summed E-state index contributed by atoms with van der Waals surface area (Å²) in [5, 5.41) is 15.7. The third-order valence-electron chi connectivity index (χ3n) is 4.92. The number of anilines is 1. The maximum absolute atomic E-state index is 12.8. The van der Waals surface area contributed by atoms with Gasteiger partial charge in [-0.25, -0.2) is 0 Å². The first-order valence-electron chi connectivity index (χ1n) is 10.3. The Morgan fingerprint density at radius 3 is 2.52 bits per heavy atom. The van der Waals surface area contributed by atoms with Crippen LogP contribution >= 0.6 is 35.0 Å². The first-order valence-corrected chi connectivity index (χ1v) is 12.0. The molecule has 0 saturated carbocycles. The predicted molar refractivity (Wildman–Crippen MR) is 133 cm³/mol. The van der Waals surface area contributed by atoms with Gasteiger partial charge in [0.1, 0.15) is 0 Å². The van der Waals surface area contributed by atoms with Gasteiger partial charge in [0, 0.05) is 18.3 Å². The van der Waals surface area contributed by atoms with Crippen LogP contribution in [0.15, 0.2) is 47.6 Å². The molecule has 0 aliphatic heterocycles. The van der Waals surface area contributed by atoms with Crippen molar-refractivity contribution in [2.24, 2.45) is 13.0 Å². The Morgan fingerprint density at radius 1 is 1.09 bits per heavy atom. The van der Waals surface area contributed by atoms with Gasteiger partial charge in [0.2, 0.25) is 5.91 Å². The number of nitrogens with one attached hydrogen (secondary N) is 2. The molecule has 0 saturated heterocycles. The highest BCUT2D eigenvalue weighted by molar-refractivity contribution is 7.99. The van der Waals surface area contributed by atoms with E-state index in [0.29, 0.717) is 32.3 Å². The van der Waals surface area contributed by atoms with E-state index in [1.807, 2.05) is 46.0 Å². The maximum atomic E-state index is 12.8. The highest BCUT2D eigenvalue weighted by Crippen LogP contribution is 2.26. The van der Waals surface area contributed by atoms with Gasteiger partial charge in [-0.15, -0.1) is 10.2 Å². The number of hydrogen-bond acceptors (Lipinski definition) is 5. The van der Waals surface area contributed by atoms with Crippen molar-refractivity contribution in [3.8, 4) is 0 Å². The molecule has 1 heterocycles. The number of aryl methyl sites for hydroxylation is 1. The van der Waals surface area contributed by atoms with Crippen LogP contribution in [0.3, 0.4) is 0 Å².